The number of halogens is 1. The second-order valence-corrected chi connectivity index (χ2v) is 8.67. The minimum atomic E-state index is -0.130. The Morgan fingerprint density at radius 1 is 1.03 bits per heavy atom. The van der Waals surface area contributed by atoms with E-state index >= 15 is 0 Å². The van der Waals surface area contributed by atoms with Gasteiger partial charge >= 0.3 is 0 Å². The van der Waals surface area contributed by atoms with Crippen LogP contribution in [0.25, 0.3) is 11.0 Å². The van der Waals surface area contributed by atoms with Crippen molar-refractivity contribution in [2.24, 2.45) is 0 Å². The van der Waals surface area contributed by atoms with Crippen LogP contribution in [-0.2, 0) is 19.4 Å². The lowest BCUT2D eigenvalue weighted by Gasteiger charge is -2.11. The van der Waals surface area contributed by atoms with Gasteiger partial charge in [0.05, 0.1) is 17.6 Å². The highest BCUT2D eigenvalue weighted by Crippen LogP contribution is 2.18. The zero-order valence-electron chi connectivity index (χ0n) is 19.5. The number of benzene rings is 3. The molecule has 5 nitrogen and oxygen atoms in total. The molecule has 1 aromatic heterocycles. The van der Waals surface area contributed by atoms with E-state index in [2.05, 4.69) is 35.0 Å². The van der Waals surface area contributed by atoms with Gasteiger partial charge in [-0.2, -0.15) is 0 Å². The van der Waals surface area contributed by atoms with E-state index in [9.17, 15) is 4.79 Å². The Morgan fingerprint density at radius 2 is 1.85 bits per heavy atom. The molecule has 0 spiro atoms. The Bertz CT molecular complexity index is 1230. The van der Waals surface area contributed by atoms with Crippen molar-refractivity contribution in [2.45, 2.75) is 39.2 Å². The van der Waals surface area contributed by atoms with Gasteiger partial charge in [-0.3, -0.25) is 4.79 Å². The summed E-state index contributed by atoms with van der Waals surface area (Å²) < 4.78 is 8.16. The Balaban J connectivity index is 1.32. The van der Waals surface area contributed by atoms with Crippen molar-refractivity contribution in [1.82, 2.24) is 14.9 Å². The van der Waals surface area contributed by atoms with Crippen molar-refractivity contribution in [3.8, 4) is 5.75 Å². The van der Waals surface area contributed by atoms with Gasteiger partial charge in [0, 0.05) is 30.1 Å². The summed E-state index contributed by atoms with van der Waals surface area (Å²) in [6, 6.07) is 23.4. The number of carbonyl (C=O) groups is 1. The van der Waals surface area contributed by atoms with Crippen LogP contribution in [0.1, 0.15) is 41.5 Å². The number of aromatic nitrogens is 2. The van der Waals surface area contributed by atoms with Crippen molar-refractivity contribution in [3.05, 3.63) is 94.8 Å². The monoisotopic (exact) mass is 475 g/mol. The molecule has 4 rings (SSSR count). The first-order chi connectivity index (χ1) is 16.6. The van der Waals surface area contributed by atoms with Crippen LogP contribution in [0, 0.1) is 0 Å². The summed E-state index contributed by atoms with van der Waals surface area (Å²) in [5.41, 5.74) is 3.97. The molecular weight excluding hydrogens is 446 g/mol. The van der Waals surface area contributed by atoms with Gasteiger partial charge in [0.25, 0.3) is 5.91 Å². The predicted molar refractivity (Wildman–Crippen MR) is 138 cm³/mol. The SMILES string of the molecule is CCc1ccc(OCCCCn2c(CCNC(=O)c3cccc(Cl)c3)nc3ccccc32)cc1. The molecule has 0 aliphatic heterocycles. The number of nitrogens with one attached hydrogen (secondary N) is 1. The first-order valence-electron chi connectivity index (χ1n) is 11.8. The summed E-state index contributed by atoms with van der Waals surface area (Å²) in [7, 11) is 0. The number of imidazole rings is 1. The van der Waals surface area contributed by atoms with Crippen molar-refractivity contribution in [3.63, 3.8) is 0 Å². The van der Waals surface area contributed by atoms with E-state index in [0.717, 1.165) is 48.4 Å². The van der Waals surface area contributed by atoms with Crippen LogP contribution in [0.4, 0.5) is 0 Å². The van der Waals surface area contributed by atoms with Crippen molar-refractivity contribution in [1.29, 1.82) is 0 Å². The highest BCUT2D eigenvalue weighted by molar-refractivity contribution is 6.30. The smallest absolute Gasteiger partial charge is 0.251 e. The largest absolute Gasteiger partial charge is 0.494 e. The lowest BCUT2D eigenvalue weighted by molar-refractivity contribution is 0.0954. The fraction of sp³-hybridized carbons (Fsp3) is 0.286. The molecule has 4 aromatic rings. The maximum absolute atomic E-state index is 12.4. The molecule has 1 heterocycles. The fourth-order valence-corrected chi connectivity index (χ4v) is 4.16. The van der Waals surface area contributed by atoms with E-state index in [-0.39, 0.29) is 5.91 Å². The first kappa shape index (κ1) is 23.8. The van der Waals surface area contributed by atoms with Crippen molar-refractivity contribution >= 4 is 28.5 Å². The van der Waals surface area contributed by atoms with E-state index < -0.39 is 0 Å². The number of hydrogen-bond donors (Lipinski definition) is 1. The third-order valence-corrected chi connectivity index (χ3v) is 6.07. The molecular formula is C28H30ClN3O2. The molecule has 0 unspecified atom stereocenters. The molecule has 0 saturated heterocycles. The number of fused-ring (bicyclic) bond motifs is 1. The highest BCUT2D eigenvalue weighted by Gasteiger charge is 2.11. The topological polar surface area (TPSA) is 56.1 Å². The quantitative estimate of drug-likeness (QED) is 0.267. The molecule has 1 N–H and O–H groups in total. The zero-order valence-corrected chi connectivity index (χ0v) is 20.2. The van der Waals surface area contributed by atoms with Gasteiger partial charge in [-0.15, -0.1) is 0 Å². The Labute approximate surface area is 205 Å². The van der Waals surface area contributed by atoms with Crippen LogP contribution in [0.3, 0.4) is 0 Å². The Morgan fingerprint density at radius 3 is 2.65 bits per heavy atom. The summed E-state index contributed by atoms with van der Waals surface area (Å²) >= 11 is 6.00. The molecule has 34 heavy (non-hydrogen) atoms. The molecule has 176 valence electrons. The summed E-state index contributed by atoms with van der Waals surface area (Å²) in [4.78, 5) is 17.2. The Hall–Kier alpha value is -3.31. The summed E-state index contributed by atoms with van der Waals surface area (Å²) in [5.74, 6) is 1.76. The van der Waals surface area contributed by atoms with Crippen molar-refractivity contribution in [2.75, 3.05) is 13.2 Å². The molecule has 0 fully saturated rings. The number of ether oxygens (including phenoxy) is 1. The van der Waals surface area contributed by atoms with Crippen LogP contribution in [0.5, 0.6) is 5.75 Å². The second kappa shape index (κ2) is 11.7. The van der Waals surface area contributed by atoms with Crippen LogP contribution < -0.4 is 10.1 Å². The molecule has 0 aliphatic rings. The predicted octanol–water partition coefficient (Wildman–Crippen LogP) is 6.08. The average molecular weight is 476 g/mol. The fourth-order valence-electron chi connectivity index (χ4n) is 3.97. The second-order valence-electron chi connectivity index (χ2n) is 8.24. The van der Waals surface area contributed by atoms with E-state index in [1.54, 1.807) is 24.3 Å². The van der Waals surface area contributed by atoms with Gasteiger partial charge in [-0.1, -0.05) is 48.9 Å². The zero-order chi connectivity index (χ0) is 23.8. The maximum atomic E-state index is 12.4. The number of unbranched alkanes of at least 4 members (excludes halogenated alkanes) is 1. The molecule has 0 atom stereocenters. The number of rotatable bonds is 11. The van der Waals surface area contributed by atoms with Gasteiger partial charge in [-0.25, -0.2) is 4.98 Å². The van der Waals surface area contributed by atoms with Gasteiger partial charge in [0.2, 0.25) is 0 Å². The molecule has 0 aliphatic carbocycles. The standard InChI is InChI=1S/C28H30ClN3O2/c1-2-21-12-14-24(15-13-21)34-19-6-5-18-32-26-11-4-3-10-25(26)31-27(32)16-17-30-28(33)22-8-7-9-23(29)20-22/h3-4,7-15,20H,2,5-6,16-19H2,1H3,(H,30,33). The molecule has 0 bridgehead atoms. The third-order valence-electron chi connectivity index (χ3n) is 5.83. The lowest BCUT2D eigenvalue weighted by atomic mass is 10.2. The van der Waals surface area contributed by atoms with Gasteiger partial charge in [-0.05, 0) is 67.3 Å². The van der Waals surface area contributed by atoms with Crippen LogP contribution >= 0.6 is 11.6 Å². The van der Waals surface area contributed by atoms with Crippen LogP contribution in [-0.4, -0.2) is 28.6 Å². The molecule has 6 heteroatoms. The number of nitrogens with zero attached hydrogens (tertiary/aromatic N) is 2. The van der Waals surface area contributed by atoms with Gasteiger partial charge in [0.1, 0.15) is 11.6 Å². The van der Waals surface area contributed by atoms with Crippen LogP contribution in [0.15, 0.2) is 72.8 Å². The normalized spacial score (nSPS) is 11.0. The first-order valence-corrected chi connectivity index (χ1v) is 12.2. The summed E-state index contributed by atoms with van der Waals surface area (Å²) in [6.45, 7) is 4.20. The number of para-hydroxylation sites is 2. The summed E-state index contributed by atoms with van der Waals surface area (Å²) in [6.07, 6.45) is 3.62. The highest BCUT2D eigenvalue weighted by atomic mass is 35.5. The van der Waals surface area contributed by atoms with E-state index in [1.165, 1.54) is 5.56 Å². The number of carbonyl (C=O) groups excluding carboxylic acids is 1. The molecule has 0 saturated carbocycles. The molecule has 1 amide bonds. The lowest BCUT2D eigenvalue weighted by Crippen LogP contribution is -2.26. The van der Waals surface area contributed by atoms with E-state index in [4.69, 9.17) is 21.3 Å². The number of amides is 1. The molecule has 0 radical (unpaired) electrons. The van der Waals surface area contributed by atoms with Crippen molar-refractivity contribution < 1.29 is 9.53 Å². The minimum Gasteiger partial charge on any atom is -0.494 e. The minimum absolute atomic E-state index is 0.130. The molecule has 3 aromatic carbocycles. The third kappa shape index (κ3) is 6.17. The number of aryl methyl sites for hydroxylation is 2. The van der Waals surface area contributed by atoms with Gasteiger partial charge < -0.3 is 14.6 Å². The van der Waals surface area contributed by atoms with Gasteiger partial charge in [0.15, 0.2) is 0 Å². The van der Waals surface area contributed by atoms with Crippen LogP contribution in [0.2, 0.25) is 5.02 Å². The Kier molecular flexibility index (Phi) is 8.21. The average Bonchev–Trinajstić information content (AvgIpc) is 3.21. The maximum Gasteiger partial charge on any atom is 0.251 e. The number of hydrogen-bond acceptors (Lipinski definition) is 3. The van der Waals surface area contributed by atoms with E-state index in [0.29, 0.717) is 30.2 Å². The summed E-state index contributed by atoms with van der Waals surface area (Å²) in [5, 5.41) is 3.53. The van der Waals surface area contributed by atoms with E-state index in [1.807, 2.05) is 30.3 Å².